The van der Waals surface area contributed by atoms with Crippen molar-refractivity contribution in [1.82, 2.24) is 5.32 Å². The lowest BCUT2D eigenvalue weighted by molar-refractivity contribution is 0.520. The number of hydrogen-bond donors (Lipinski definition) is 1. The fourth-order valence-corrected chi connectivity index (χ4v) is 1.85. The summed E-state index contributed by atoms with van der Waals surface area (Å²) >= 11 is 0. The highest BCUT2D eigenvalue weighted by atomic mass is 19.1. The Balaban J connectivity index is 2.16. The monoisotopic (exact) mass is 237 g/mol. The van der Waals surface area contributed by atoms with Gasteiger partial charge in [-0.2, -0.15) is 0 Å². The van der Waals surface area contributed by atoms with E-state index in [4.69, 9.17) is 0 Å². The first kappa shape index (κ1) is 14.2. The zero-order valence-electron chi connectivity index (χ0n) is 11.2. The molecule has 0 saturated carbocycles. The summed E-state index contributed by atoms with van der Waals surface area (Å²) in [6, 6.07) is 5.31. The van der Waals surface area contributed by atoms with E-state index < -0.39 is 0 Å². The van der Waals surface area contributed by atoms with E-state index in [2.05, 4.69) is 19.2 Å². The Labute approximate surface area is 104 Å². The van der Waals surface area contributed by atoms with Gasteiger partial charge < -0.3 is 5.32 Å². The molecule has 0 radical (unpaired) electrons. The van der Waals surface area contributed by atoms with E-state index in [0.717, 1.165) is 30.1 Å². The molecule has 0 fully saturated rings. The van der Waals surface area contributed by atoms with Crippen LogP contribution in [0, 0.1) is 18.7 Å². The average molecular weight is 237 g/mol. The van der Waals surface area contributed by atoms with Gasteiger partial charge in [-0.05, 0) is 43.0 Å². The third-order valence-electron chi connectivity index (χ3n) is 2.94. The maximum atomic E-state index is 13.0. The Kier molecular flexibility index (Phi) is 6.20. The molecule has 0 unspecified atom stereocenters. The highest BCUT2D eigenvalue weighted by Gasteiger charge is 1.99. The first-order chi connectivity index (χ1) is 8.09. The molecule has 0 aromatic heterocycles. The normalized spacial score (nSPS) is 11.1. The van der Waals surface area contributed by atoms with Crippen molar-refractivity contribution in [2.24, 2.45) is 5.92 Å². The molecule has 0 bridgehead atoms. The maximum absolute atomic E-state index is 13.0. The van der Waals surface area contributed by atoms with Crippen LogP contribution < -0.4 is 5.32 Å². The number of unbranched alkanes of at least 4 members (excludes halogenated alkanes) is 1. The van der Waals surface area contributed by atoms with Crippen LogP contribution in [0.15, 0.2) is 18.2 Å². The Morgan fingerprint density at radius 1 is 1.24 bits per heavy atom. The van der Waals surface area contributed by atoms with Gasteiger partial charge in [-0.1, -0.05) is 38.8 Å². The maximum Gasteiger partial charge on any atom is 0.126 e. The van der Waals surface area contributed by atoms with Gasteiger partial charge in [0.25, 0.3) is 0 Å². The fraction of sp³-hybridized carbons (Fsp3) is 0.600. The summed E-state index contributed by atoms with van der Waals surface area (Å²) in [5, 5.41) is 3.40. The number of nitrogens with one attached hydrogen (secondary N) is 1. The van der Waals surface area contributed by atoms with Gasteiger partial charge in [-0.15, -0.1) is 0 Å². The van der Waals surface area contributed by atoms with E-state index in [0.29, 0.717) is 0 Å². The first-order valence-electron chi connectivity index (χ1n) is 6.55. The summed E-state index contributed by atoms with van der Waals surface area (Å²) in [6.07, 6.45) is 3.81. The second-order valence-electron chi connectivity index (χ2n) is 5.15. The van der Waals surface area contributed by atoms with Crippen molar-refractivity contribution in [3.8, 4) is 0 Å². The minimum Gasteiger partial charge on any atom is -0.313 e. The minimum absolute atomic E-state index is 0.120. The molecular weight excluding hydrogens is 213 g/mol. The molecule has 0 heterocycles. The van der Waals surface area contributed by atoms with Gasteiger partial charge in [0, 0.05) is 6.54 Å². The number of halogens is 1. The van der Waals surface area contributed by atoms with E-state index in [1.54, 1.807) is 6.07 Å². The molecule has 1 N–H and O–H groups in total. The molecule has 17 heavy (non-hydrogen) atoms. The van der Waals surface area contributed by atoms with Crippen molar-refractivity contribution in [2.45, 2.75) is 46.6 Å². The van der Waals surface area contributed by atoms with Crippen molar-refractivity contribution in [3.63, 3.8) is 0 Å². The van der Waals surface area contributed by atoms with Crippen molar-refractivity contribution < 1.29 is 4.39 Å². The van der Waals surface area contributed by atoms with E-state index in [9.17, 15) is 4.39 Å². The van der Waals surface area contributed by atoms with Gasteiger partial charge in [0.15, 0.2) is 0 Å². The second kappa shape index (κ2) is 7.44. The molecule has 1 aromatic rings. The van der Waals surface area contributed by atoms with Crippen LogP contribution in [0.3, 0.4) is 0 Å². The van der Waals surface area contributed by atoms with Crippen LogP contribution in [0.25, 0.3) is 0 Å². The van der Waals surface area contributed by atoms with Crippen molar-refractivity contribution in [1.29, 1.82) is 0 Å². The first-order valence-corrected chi connectivity index (χ1v) is 6.55. The molecular formula is C15H24FN. The van der Waals surface area contributed by atoms with Gasteiger partial charge in [0.1, 0.15) is 5.82 Å². The van der Waals surface area contributed by atoms with E-state index in [-0.39, 0.29) is 5.82 Å². The van der Waals surface area contributed by atoms with Gasteiger partial charge in [0.2, 0.25) is 0 Å². The summed E-state index contributed by atoms with van der Waals surface area (Å²) in [7, 11) is 0. The topological polar surface area (TPSA) is 12.0 Å². The number of benzene rings is 1. The van der Waals surface area contributed by atoms with Crippen LogP contribution >= 0.6 is 0 Å². The molecule has 2 heteroatoms. The molecule has 1 rings (SSSR count). The molecule has 0 spiro atoms. The third-order valence-corrected chi connectivity index (χ3v) is 2.94. The predicted octanol–water partition coefficient (Wildman–Crippen LogP) is 4.05. The van der Waals surface area contributed by atoms with Crippen molar-refractivity contribution >= 4 is 0 Å². The summed E-state index contributed by atoms with van der Waals surface area (Å²) in [6.45, 7) is 8.21. The SMILES string of the molecule is Cc1cc(CNCCCCC(C)C)ccc1F. The predicted molar refractivity (Wildman–Crippen MR) is 71.5 cm³/mol. The molecule has 0 aliphatic rings. The number of rotatable bonds is 7. The third kappa shape index (κ3) is 5.83. The molecule has 96 valence electrons. The lowest BCUT2D eigenvalue weighted by Crippen LogP contribution is -2.15. The number of aryl methyl sites for hydroxylation is 1. The quantitative estimate of drug-likeness (QED) is 0.705. The van der Waals surface area contributed by atoms with Crippen molar-refractivity contribution in [3.05, 3.63) is 35.1 Å². The molecule has 0 saturated heterocycles. The Morgan fingerprint density at radius 2 is 2.00 bits per heavy atom. The Bertz CT molecular complexity index is 334. The van der Waals surface area contributed by atoms with Gasteiger partial charge in [-0.25, -0.2) is 4.39 Å². The van der Waals surface area contributed by atoms with Crippen LogP contribution in [-0.4, -0.2) is 6.54 Å². The summed E-state index contributed by atoms with van der Waals surface area (Å²) in [5.41, 5.74) is 1.89. The molecule has 1 nitrogen and oxygen atoms in total. The van der Waals surface area contributed by atoms with Gasteiger partial charge in [0.05, 0.1) is 0 Å². The van der Waals surface area contributed by atoms with Crippen LogP contribution in [0.4, 0.5) is 4.39 Å². The largest absolute Gasteiger partial charge is 0.313 e. The molecule has 0 aliphatic heterocycles. The lowest BCUT2D eigenvalue weighted by atomic mass is 10.1. The van der Waals surface area contributed by atoms with Crippen LogP contribution in [0.5, 0.6) is 0 Å². The summed E-state index contributed by atoms with van der Waals surface area (Å²) in [5.74, 6) is 0.681. The van der Waals surface area contributed by atoms with Crippen LogP contribution in [-0.2, 0) is 6.54 Å². The highest BCUT2D eigenvalue weighted by Crippen LogP contribution is 2.09. The zero-order valence-corrected chi connectivity index (χ0v) is 11.2. The molecule has 1 aromatic carbocycles. The number of hydrogen-bond acceptors (Lipinski definition) is 1. The fourth-order valence-electron chi connectivity index (χ4n) is 1.85. The minimum atomic E-state index is -0.120. The van der Waals surface area contributed by atoms with Gasteiger partial charge >= 0.3 is 0 Å². The van der Waals surface area contributed by atoms with E-state index in [1.807, 2.05) is 19.1 Å². The average Bonchev–Trinajstić information content (AvgIpc) is 2.27. The van der Waals surface area contributed by atoms with Crippen LogP contribution in [0.2, 0.25) is 0 Å². The molecule has 0 atom stereocenters. The van der Waals surface area contributed by atoms with E-state index in [1.165, 1.54) is 19.3 Å². The highest BCUT2D eigenvalue weighted by molar-refractivity contribution is 5.23. The van der Waals surface area contributed by atoms with Crippen molar-refractivity contribution in [2.75, 3.05) is 6.54 Å². The Hall–Kier alpha value is -0.890. The Morgan fingerprint density at radius 3 is 2.65 bits per heavy atom. The van der Waals surface area contributed by atoms with Crippen LogP contribution in [0.1, 0.15) is 44.2 Å². The standard InChI is InChI=1S/C15H24FN/c1-12(2)6-4-5-9-17-11-14-7-8-15(16)13(3)10-14/h7-8,10,12,17H,4-6,9,11H2,1-3H3. The summed E-state index contributed by atoms with van der Waals surface area (Å²) in [4.78, 5) is 0. The zero-order chi connectivity index (χ0) is 12.7. The van der Waals surface area contributed by atoms with E-state index >= 15 is 0 Å². The summed E-state index contributed by atoms with van der Waals surface area (Å²) < 4.78 is 13.0. The molecule has 0 aliphatic carbocycles. The smallest absolute Gasteiger partial charge is 0.126 e. The lowest BCUT2D eigenvalue weighted by Gasteiger charge is -2.07. The molecule has 0 amide bonds. The second-order valence-corrected chi connectivity index (χ2v) is 5.15. The van der Waals surface area contributed by atoms with Gasteiger partial charge in [-0.3, -0.25) is 0 Å².